The second kappa shape index (κ2) is 9.30. The van der Waals surface area contributed by atoms with E-state index in [-0.39, 0.29) is 12.0 Å². The van der Waals surface area contributed by atoms with Crippen LogP contribution >= 0.6 is 15.9 Å². The Morgan fingerprint density at radius 2 is 1.65 bits per heavy atom. The predicted molar refractivity (Wildman–Crippen MR) is 128 cm³/mol. The van der Waals surface area contributed by atoms with Crippen molar-refractivity contribution < 1.29 is 14.3 Å². The maximum absolute atomic E-state index is 12.7. The average molecular weight is 488 g/mol. The molecule has 7 heteroatoms. The first kappa shape index (κ1) is 23.1. The maximum atomic E-state index is 12.7. The standard InChI is InChI=1S/C24H30BrN3O3/c1-16-14-18(25)6-8-20(16)22(29)26-19-7-9-21(17(2)15-19)27-10-12-28(13-11-27)23(30)31-24(3,4)5/h6-9,14-15H,10-13H2,1-5H3,(H,26,29). The molecular weight excluding hydrogens is 458 g/mol. The molecule has 0 unspecified atom stereocenters. The molecular formula is C24H30BrN3O3. The van der Waals surface area contributed by atoms with Crippen molar-refractivity contribution in [2.24, 2.45) is 0 Å². The Bertz CT molecular complexity index is 977. The molecule has 2 aromatic carbocycles. The van der Waals surface area contributed by atoms with Crippen molar-refractivity contribution in [2.75, 3.05) is 36.4 Å². The van der Waals surface area contributed by atoms with Gasteiger partial charge in [0.2, 0.25) is 0 Å². The normalized spacial score (nSPS) is 14.4. The molecule has 0 saturated carbocycles. The van der Waals surface area contributed by atoms with Crippen LogP contribution in [0.1, 0.15) is 42.3 Å². The molecule has 1 saturated heterocycles. The molecule has 31 heavy (non-hydrogen) atoms. The SMILES string of the molecule is Cc1cc(Br)ccc1C(=O)Nc1ccc(N2CCN(C(=O)OC(C)(C)C)CC2)c(C)c1. The van der Waals surface area contributed by atoms with E-state index < -0.39 is 5.60 Å². The van der Waals surface area contributed by atoms with Gasteiger partial charge in [0.15, 0.2) is 0 Å². The van der Waals surface area contributed by atoms with Crippen molar-refractivity contribution in [1.82, 2.24) is 4.90 Å². The largest absolute Gasteiger partial charge is 0.444 e. The zero-order chi connectivity index (χ0) is 22.8. The van der Waals surface area contributed by atoms with Crippen molar-refractivity contribution in [3.63, 3.8) is 0 Å². The van der Waals surface area contributed by atoms with E-state index in [4.69, 9.17) is 4.74 Å². The van der Waals surface area contributed by atoms with Crippen molar-refractivity contribution in [3.8, 4) is 0 Å². The minimum atomic E-state index is -0.486. The van der Waals surface area contributed by atoms with Gasteiger partial charge in [0.05, 0.1) is 0 Å². The molecule has 1 fully saturated rings. The second-order valence-electron chi connectivity index (χ2n) is 8.87. The minimum Gasteiger partial charge on any atom is -0.444 e. The smallest absolute Gasteiger partial charge is 0.410 e. The van der Waals surface area contributed by atoms with Crippen molar-refractivity contribution in [2.45, 2.75) is 40.2 Å². The monoisotopic (exact) mass is 487 g/mol. The molecule has 0 aliphatic carbocycles. The number of benzene rings is 2. The molecule has 0 radical (unpaired) electrons. The highest BCUT2D eigenvalue weighted by Crippen LogP contribution is 2.26. The fourth-order valence-corrected chi connectivity index (χ4v) is 4.10. The number of hydrogen-bond donors (Lipinski definition) is 1. The molecule has 0 bridgehead atoms. The predicted octanol–water partition coefficient (Wildman–Crippen LogP) is 5.38. The summed E-state index contributed by atoms with van der Waals surface area (Å²) >= 11 is 3.43. The lowest BCUT2D eigenvalue weighted by atomic mass is 10.1. The number of nitrogens with one attached hydrogen (secondary N) is 1. The van der Waals surface area contributed by atoms with Crippen molar-refractivity contribution in [3.05, 3.63) is 57.6 Å². The first-order valence-corrected chi connectivity index (χ1v) is 11.2. The Labute approximate surface area is 192 Å². The van der Waals surface area contributed by atoms with Gasteiger partial charge in [-0.05, 0) is 82.1 Å². The number of anilines is 2. The lowest BCUT2D eigenvalue weighted by molar-refractivity contribution is 0.0240. The summed E-state index contributed by atoms with van der Waals surface area (Å²) in [7, 11) is 0. The highest BCUT2D eigenvalue weighted by atomic mass is 79.9. The number of amides is 2. The third-order valence-corrected chi connectivity index (χ3v) is 5.65. The number of aryl methyl sites for hydroxylation is 2. The van der Waals surface area contributed by atoms with Gasteiger partial charge in [-0.1, -0.05) is 15.9 Å². The van der Waals surface area contributed by atoms with Crippen LogP contribution in [-0.4, -0.2) is 48.7 Å². The molecule has 1 heterocycles. The zero-order valence-corrected chi connectivity index (χ0v) is 20.4. The van der Waals surface area contributed by atoms with Crippen molar-refractivity contribution >= 4 is 39.3 Å². The molecule has 6 nitrogen and oxygen atoms in total. The van der Waals surface area contributed by atoms with E-state index in [1.165, 1.54) is 0 Å². The molecule has 0 spiro atoms. The van der Waals surface area contributed by atoms with Crippen LogP contribution in [0.25, 0.3) is 0 Å². The lowest BCUT2D eigenvalue weighted by Gasteiger charge is -2.37. The number of ether oxygens (including phenoxy) is 1. The van der Waals surface area contributed by atoms with E-state index in [2.05, 4.69) is 26.1 Å². The Morgan fingerprint density at radius 3 is 2.23 bits per heavy atom. The second-order valence-corrected chi connectivity index (χ2v) is 9.78. The summed E-state index contributed by atoms with van der Waals surface area (Å²) in [5.41, 5.74) is 4.05. The summed E-state index contributed by atoms with van der Waals surface area (Å²) in [4.78, 5) is 29.0. The van der Waals surface area contributed by atoms with Crippen LogP contribution in [0.3, 0.4) is 0 Å². The van der Waals surface area contributed by atoms with E-state index in [1.54, 1.807) is 4.90 Å². The van der Waals surface area contributed by atoms with E-state index in [0.717, 1.165) is 40.1 Å². The number of carbonyl (C=O) groups excluding carboxylic acids is 2. The fraction of sp³-hybridized carbons (Fsp3) is 0.417. The van der Waals surface area contributed by atoms with E-state index >= 15 is 0 Å². The summed E-state index contributed by atoms with van der Waals surface area (Å²) < 4.78 is 6.42. The number of rotatable bonds is 3. The number of nitrogens with zero attached hydrogens (tertiary/aromatic N) is 2. The fourth-order valence-electron chi connectivity index (χ4n) is 3.62. The van der Waals surface area contributed by atoms with Gasteiger partial charge in [-0.2, -0.15) is 0 Å². The number of carbonyl (C=O) groups is 2. The summed E-state index contributed by atoms with van der Waals surface area (Å²) in [5.74, 6) is -0.122. The first-order chi connectivity index (χ1) is 14.5. The van der Waals surface area contributed by atoms with Crippen LogP contribution in [0.15, 0.2) is 40.9 Å². The van der Waals surface area contributed by atoms with Crippen LogP contribution in [0.5, 0.6) is 0 Å². The van der Waals surface area contributed by atoms with Crippen molar-refractivity contribution in [1.29, 1.82) is 0 Å². The van der Waals surface area contributed by atoms with Gasteiger partial charge < -0.3 is 19.9 Å². The molecule has 166 valence electrons. The summed E-state index contributed by atoms with van der Waals surface area (Å²) in [5, 5.41) is 2.99. The summed E-state index contributed by atoms with van der Waals surface area (Å²) in [6.07, 6.45) is -0.259. The summed E-state index contributed by atoms with van der Waals surface area (Å²) in [6.45, 7) is 12.3. The van der Waals surface area contributed by atoms with Gasteiger partial charge in [-0.25, -0.2) is 4.79 Å². The third-order valence-electron chi connectivity index (χ3n) is 5.16. The van der Waals surface area contributed by atoms with Gasteiger partial charge in [0, 0.05) is 47.6 Å². The first-order valence-electron chi connectivity index (χ1n) is 10.4. The topological polar surface area (TPSA) is 61.9 Å². The number of halogens is 1. The Morgan fingerprint density at radius 1 is 0.968 bits per heavy atom. The molecule has 2 amide bonds. The van der Waals surface area contributed by atoms with Crippen LogP contribution in [0, 0.1) is 13.8 Å². The highest BCUT2D eigenvalue weighted by Gasteiger charge is 2.26. The Hall–Kier alpha value is -2.54. The van der Waals surface area contributed by atoms with E-state index in [0.29, 0.717) is 18.7 Å². The molecule has 3 rings (SSSR count). The highest BCUT2D eigenvalue weighted by molar-refractivity contribution is 9.10. The summed E-state index contributed by atoms with van der Waals surface area (Å²) in [6, 6.07) is 11.6. The zero-order valence-electron chi connectivity index (χ0n) is 18.8. The molecule has 2 aromatic rings. The maximum Gasteiger partial charge on any atom is 0.410 e. The molecule has 1 N–H and O–H groups in total. The van der Waals surface area contributed by atoms with Gasteiger partial charge in [0.25, 0.3) is 5.91 Å². The van der Waals surface area contributed by atoms with Crippen LogP contribution in [-0.2, 0) is 4.74 Å². The molecule has 0 atom stereocenters. The van der Waals surface area contributed by atoms with Gasteiger partial charge in [0.1, 0.15) is 5.60 Å². The number of hydrogen-bond acceptors (Lipinski definition) is 4. The number of piperazine rings is 1. The molecule has 1 aliphatic heterocycles. The van der Waals surface area contributed by atoms with Gasteiger partial charge in [-0.15, -0.1) is 0 Å². The molecule has 0 aromatic heterocycles. The van der Waals surface area contributed by atoms with Gasteiger partial charge in [-0.3, -0.25) is 4.79 Å². The van der Waals surface area contributed by atoms with Crippen LogP contribution in [0.4, 0.5) is 16.2 Å². The van der Waals surface area contributed by atoms with Crippen LogP contribution in [0.2, 0.25) is 0 Å². The Balaban J connectivity index is 1.62. The van der Waals surface area contributed by atoms with E-state index in [9.17, 15) is 9.59 Å². The molecule has 1 aliphatic rings. The van der Waals surface area contributed by atoms with Crippen LogP contribution < -0.4 is 10.2 Å². The Kier molecular flexibility index (Phi) is 6.94. The van der Waals surface area contributed by atoms with Gasteiger partial charge >= 0.3 is 6.09 Å². The van der Waals surface area contributed by atoms with E-state index in [1.807, 2.05) is 71.0 Å². The third kappa shape index (κ3) is 6.00. The average Bonchev–Trinajstić information content (AvgIpc) is 2.67. The minimum absolute atomic E-state index is 0.122. The quantitative estimate of drug-likeness (QED) is 0.631. The lowest BCUT2D eigenvalue weighted by Crippen LogP contribution is -2.50.